The molecule has 0 spiro atoms. The predicted octanol–water partition coefficient (Wildman–Crippen LogP) is 0.655. The number of rotatable bonds is 4. The van der Waals surface area contributed by atoms with E-state index in [-0.39, 0.29) is 5.54 Å². The van der Waals surface area contributed by atoms with Crippen molar-refractivity contribution in [3.63, 3.8) is 0 Å². The number of hydrogen-bond donors (Lipinski definition) is 2. The summed E-state index contributed by atoms with van der Waals surface area (Å²) in [5, 5.41) is 3.46. The first kappa shape index (κ1) is 12.0. The summed E-state index contributed by atoms with van der Waals surface area (Å²) in [4.78, 5) is 2.42. The van der Waals surface area contributed by atoms with Gasteiger partial charge in [-0.25, -0.2) is 0 Å². The molecule has 1 saturated heterocycles. The van der Waals surface area contributed by atoms with Gasteiger partial charge in [-0.15, -0.1) is 0 Å². The van der Waals surface area contributed by atoms with Crippen LogP contribution in [-0.2, 0) is 0 Å². The second kappa shape index (κ2) is 5.10. The van der Waals surface area contributed by atoms with E-state index in [4.69, 9.17) is 5.73 Å². The normalized spacial score (nSPS) is 25.3. The van der Waals surface area contributed by atoms with E-state index in [1.165, 1.54) is 25.9 Å². The topological polar surface area (TPSA) is 41.3 Å². The van der Waals surface area contributed by atoms with Gasteiger partial charge in [-0.1, -0.05) is 0 Å². The molecule has 3 N–H and O–H groups in total. The number of likely N-dealkylation sites (tertiary alicyclic amines) is 1. The van der Waals surface area contributed by atoms with Crippen LogP contribution in [-0.4, -0.2) is 43.7 Å². The molecule has 1 fully saturated rings. The van der Waals surface area contributed by atoms with Crippen LogP contribution in [0, 0.1) is 5.92 Å². The molecular weight excluding hydrogens is 174 g/mol. The summed E-state index contributed by atoms with van der Waals surface area (Å²) in [6.45, 7) is 8.65. The zero-order valence-electron chi connectivity index (χ0n) is 9.84. The molecule has 1 aliphatic rings. The van der Waals surface area contributed by atoms with Gasteiger partial charge in [0, 0.05) is 18.6 Å². The summed E-state index contributed by atoms with van der Waals surface area (Å²) in [5.74, 6) is 0.816. The first-order chi connectivity index (χ1) is 6.47. The number of piperidine rings is 1. The van der Waals surface area contributed by atoms with Gasteiger partial charge in [-0.3, -0.25) is 0 Å². The maximum absolute atomic E-state index is 5.91. The van der Waals surface area contributed by atoms with Crippen molar-refractivity contribution in [2.75, 3.05) is 33.2 Å². The van der Waals surface area contributed by atoms with E-state index in [0.717, 1.165) is 19.0 Å². The molecule has 0 aromatic rings. The predicted molar refractivity (Wildman–Crippen MR) is 61.4 cm³/mol. The Labute approximate surface area is 88.0 Å². The van der Waals surface area contributed by atoms with Gasteiger partial charge in [-0.2, -0.15) is 0 Å². The minimum absolute atomic E-state index is 0.0828. The molecule has 1 atom stereocenters. The molecule has 1 heterocycles. The quantitative estimate of drug-likeness (QED) is 0.699. The standard InChI is InChI=1S/C11H25N3/c1-11(2,12)9-13-7-10-5-4-6-14(3)8-10/h10,13H,4-9,12H2,1-3H3. The Kier molecular flexibility index (Phi) is 4.35. The highest BCUT2D eigenvalue weighted by Crippen LogP contribution is 2.13. The number of nitrogens with zero attached hydrogens (tertiary/aromatic N) is 1. The van der Waals surface area contributed by atoms with Gasteiger partial charge in [0.05, 0.1) is 0 Å². The van der Waals surface area contributed by atoms with Gasteiger partial charge >= 0.3 is 0 Å². The second-order valence-corrected chi connectivity index (χ2v) is 5.39. The fourth-order valence-corrected chi connectivity index (χ4v) is 2.04. The fourth-order valence-electron chi connectivity index (χ4n) is 2.04. The van der Waals surface area contributed by atoms with Crippen molar-refractivity contribution in [2.45, 2.75) is 32.2 Å². The molecule has 0 radical (unpaired) electrons. The molecule has 0 bridgehead atoms. The summed E-state index contributed by atoms with van der Waals surface area (Å²) in [5.41, 5.74) is 5.82. The summed E-state index contributed by atoms with van der Waals surface area (Å²) < 4.78 is 0. The minimum atomic E-state index is -0.0828. The number of nitrogens with one attached hydrogen (secondary N) is 1. The Bertz CT molecular complexity index is 162. The van der Waals surface area contributed by atoms with Crippen LogP contribution >= 0.6 is 0 Å². The summed E-state index contributed by atoms with van der Waals surface area (Å²) in [6.07, 6.45) is 2.71. The highest BCUT2D eigenvalue weighted by molar-refractivity contribution is 4.77. The van der Waals surface area contributed by atoms with Crippen molar-refractivity contribution in [1.29, 1.82) is 0 Å². The third kappa shape index (κ3) is 4.94. The lowest BCUT2D eigenvalue weighted by Crippen LogP contribution is -2.46. The molecular formula is C11H25N3. The van der Waals surface area contributed by atoms with Crippen LogP contribution in [0.2, 0.25) is 0 Å². The zero-order valence-corrected chi connectivity index (χ0v) is 9.84. The molecule has 1 unspecified atom stereocenters. The summed E-state index contributed by atoms with van der Waals surface area (Å²) in [6, 6.07) is 0. The largest absolute Gasteiger partial charge is 0.324 e. The van der Waals surface area contributed by atoms with Crippen molar-refractivity contribution in [3.05, 3.63) is 0 Å². The molecule has 0 amide bonds. The molecule has 0 aliphatic carbocycles. The third-order valence-electron chi connectivity index (χ3n) is 2.74. The van der Waals surface area contributed by atoms with Gasteiger partial charge in [0.15, 0.2) is 0 Å². The lowest BCUT2D eigenvalue weighted by atomic mass is 9.98. The van der Waals surface area contributed by atoms with Crippen LogP contribution in [0.5, 0.6) is 0 Å². The van der Waals surface area contributed by atoms with E-state index in [9.17, 15) is 0 Å². The van der Waals surface area contributed by atoms with E-state index in [0.29, 0.717) is 0 Å². The summed E-state index contributed by atoms with van der Waals surface area (Å²) >= 11 is 0. The van der Waals surface area contributed by atoms with E-state index >= 15 is 0 Å². The molecule has 1 aliphatic heterocycles. The molecule has 1 rings (SSSR count). The van der Waals surface area contributed by atoms with E-state index < -0.39 is 0 Å². The van der Waals surface area contributed by atoms with Crippen LogP contribution in [0.1, 0.15) is 26.7 Å². The Morgan fingerprint density at radius 3 is 2.79 bits per heavy atom. The lowest BCUT2D eigenvalue weighted by molar-refractivity contribution is 0.204. The van der Waals surface area contributed by atoms with Crippen molar-refractivity contribution in [2.24, 2.45) is 11.7 Å². The number of hydrogen-bond acceptors (Lipinski definition) is 3. The number of nitrogens with two attached hydrogens (primary N) is 1. The lowest BCUT2D eigenvalue weighted by Gasteiger charge is -2.30. The molecule has 0 aromatic heterocycles. The molecule has 14 heavy (non-hydrogen) atoms. The second-order valence-electron chi connectivity index (χ2n) is 5.39. The van der Waals surface area contributed by atoms with Gasteiger partial charge in [0.1, 0.15) is 0 Å². The average Bonchev–Trinajstić information content (AvgIpc) is 2.01. The van der Waals surface area contributed by atoms with Crippen LogP contribution < -0.4 is 11.1 Å². The highest BCUT2D eigenvalue weighted by Gasteiger charge is 2.17. The van der Waals surface area contributed by atoms with Gasteiger partial charge in [-0.05, 0) is 52.7 Å². The smallest absolute Gasteiger partial charge is 0.0223 e. The molecule has 84 valence electrons. The monoisotopic (exact) mass is 199 g/mol. The molecule has 3 heteroatoms. The third-order valence-corrected chi connectivity index (χ3v) is 2.74. The first-order valence-electron chi connectivity index (χ1n) is 5.65. The fraction of sp³-hybridized carbons (Fsp3) is 1.00. The van der Waals surface area contributed by atoms with Crippen molar-refractivity contribution >= 4 is 0 Å². The highest BCUT2D eigenvalue weighted by atomic mass is 15.1. The Morgan fingerprint density at radius 2 is 2.21 bits per heavy atom. The molecule has 0 aromatic carbocycles. The van der Waals surface area contributed by atoms with E-state index in [2.05, 4.69) is 31.1 Å². The Balaban J connectivity index is 2.12. The Hall–Kier alpha value is -0.120. The van der Waals surface area contributed by atoms with Crippen molar-refractivity contribution < 1.29 is 0 Å². The minimum Gasteiger partial charge on any atom is -0.324 e. The Morgan fingerprint density at radius 1 is 1.50 bits per heavy atom. The average molecular weight is 199 g/mol. The zero-order chi connectivity index (χ0) is 10.6. The van der Waals surface area contributed by atoms with Gasteiger partial charge in [0.25, 0.3) is 0 Å². The first-order valence-corrected chi connectivity index (χ1v) is 5.65. The van der Waals surface area contributed by atoms with Gasteiger partial charge in [0.2, 0.25) is 0 Å². The maximum atomic E-state index is 5.91. The van der Waals surface area contributed by atoms with Crippen LogP contribution in [0.3, 0.4) is 0 Å². The van der Waals surface area contributed by atoms with Crippen LogP contribution in [0.15, 0.2) is 0 Å². The van der Waals surface area contributed by atoms with Crippen LogP contribution in [0.4, 0.5) is 0 Å². The van der Waals surface area contributed by atoms with E-state index in [1.807, 2.05) is 0 Å². The molecule has 3 nitrogen and oxygen atoms in total. The van der Waals surface area contributed by atoms with Crippen LogP contribution in [0.25, 0.3) is 0 Å². The van der Waals surface area contributed by atoms with Crippen molar-refractivity contribution in [3.8, 4) is 0 Å². The molecule has 0 saturated carbocycles. The maximum Gasteiger partial charge on any atom is 0.0223 e. The van der Waals surface area contributed by atoms with Crippen molar-refractivity contribution in [1.82, 2.24) is 10.2 Å². The van der Waals surface area contributed by atoms with E-state index in [1.54, 1.807) is 0 Å². The SMILES string of the molecule is CN1CCCC(CNCC(C)(C)N)C1. The summed E-state index contributed by atoms with van der Waals surface area (Å²) in [7, 11) is 2.21. The van der Waals surface area contributed by atoms with Gasteiger partial charge < -0.3 is 16.0 Å².